The molecule has 0 heterocycles. The maximum absolute atomic E-state index is 10.9. The van der Waals surface area contributed by atoms with Crippen LogP contribution in [0.1, 0.15) is 21.5 Å². The van der Waals surface area contributed by atoms with Crippen LogP contribution in [-0.4, -0.2) is 22.8 Å². The molecule has 0 aliphatic carbocycles. The highest BCUT2D eigenvalue weighted by atomic mass is 16.5. The molecule has 0 saturated carbocycles. The lowest BCUT2D eigenvalue weighted by Gasteiger charge is -2.12. The summed E-state index contributed by atoms with van der Waals surface area (Å²) in [6.07, 6.45) is 0.516. The molecule has 104 valence electrons. The van der Waals surface area contributed by atoms with E-state index >= 15 is 0 Å². The second kappa shape index (κ2) is 6.21. The van der Waals surface area contributed by atoms with Crippen molar-refractivity contribution in [3.8, 4) is 11.5 Å². The molecule has 2 aromatic rings. The third-order valence-corrected chi connectivity index (χ3v) is 3.00. The molecule has 0 unspecified atom stereocenters. The third-order valence-electron chi connectivity index (χ3n) is 3.00. The lowest BCUT2D eigenvalue weighted by molar-refractivity contribution is 0.0696. The van der Waals surface area contributed by atoms with Crippen LogP contribution in [0.15, 0.2) is 42.5 Å². The van der Waals surface area contributed by atoms with Gasteiger partial charge in [0.05, 0.1) is 5.56 Å². The second-order valence-electron chi connectivity index (χ2n) is 4.47. The van der Waals surface area contributed by atoms with Crippen molar-refractivity contribution in [2.75, 3.05) is 6.61 Å². The third kappa shape index (κ3) is 3.16. The Kier molecular flexibility index (Phi) is 4.38. The topological polar surface area (TPSA) is 66.8 Å². The number of carboxylic acids is 1. The summed E-state index contributed by atoms with van der Waals surface area (Å²) in [5, 5.41) is 18.0. The van der Waals surface area contributed by atoms with E-state index in [1.54, 1.807) is 19.1 Å². The molecule has 0 aliphatic heterocycles. The van der Waals surface area contributed by atoms with Crippen LogP contribution in [0.25, 0.3) is 0 Å². The molecule has 0 radical (unpaired) electrons. The Labute approximate surface area is 117 Å². The maximum atomic E-state index is 10.9. The molecule has 0 aromatic heterocycles. The number of rotatable bonds is 5. The van der Waals surface area contributed by atoms with Crippen LogP contribution in [0.4, 0.5) is 0 Å². The van der Waals surface area contributed by atoms with Gasteiger partial charge >= 0.3 is 5.97 Å². The highest BCUT2D eigenvalue weighted by molar-refractivity contribution is 5.88. The minimum Gasteiger partial charge on any atom is -0.478 e. The van der Waals surface area contributed by atoms with Gasteiger partial charge in [-0.15, -0.1) is 0 Å². The number of ether oxygens (including phenoxy) is 1. The highest BCUT2D eigenvalue weighted by Crippen LogP contribution is 2.28. The quantitative estimate of drug-likeness (QED) is 0.878. The van der Waals surface area contributed by atoms with Crippen molar-refractivity contribution in [3.05, 3.63) is 59.2 Å². The molecule has 0 atom stereocenters. The monoisotopic (exact) mass is 272 g/mol. The molecule has 2 N–H and O–H groups in total. The number of carbonyl (C=O) groups is 1. The molecule has 0 spiro atoms. The Morgan fingerprint density at radius 1 is 1.15 bits per heavy atom. The Morgan fingerprint density at radius 2 is 1.90 bits per heavy atom. The van der Waals surface area contributed by atoms with Gasteiger partial charge in [-0.05, 0) is 48.7 Å². The normalized spacial score (nSPS) is 10.3. The Bertz CT molecular complexity index is 620. The van der Waals surface area contributed by atoms with E-state index in [0.29, 0.717) is 17.9 Å². The van der Waals surface area contributed by atoms with Gasteiger partial charge in [-0.3, -0.25) is 0 Å². The Morgan fingerprint density at radius 3 is 2.55 bits per heavy atom. The van der Waals surface area contributed by atoms with Crippen LogP contribution < -0.4 is 4.74 Å². The van der Waals surface area contributed by atoms with E-state index < -0.39 is 5.97 Å². The summed E-state index contributed by atoms with van der Waals surface area (Å²) < 4.78 is 5.82. The standard InChI is InChI=1S/C16H16O4/c1-11-10-13(16(18)19)6-7-14(11)20-15-5-3-2-4-12(15)8-9-17/h2-7,10,17H,8-9H2,1H3,(H,18,19). The van der Waals surface area contributed by atoms with Gasteiger partial charge in [0.1, 0.15) is 11.5 Å². The van der Waals surface area contributed by atoms with Crippen molar-refractivity contribution in [2.24, 2.45) is 0 Å². The first-order valence-corrected chi connectivity index (χ1v) is 6.32. The lowest BCUT2D eigenvalue weighted by Crippen LogP contribution is -1.99. The first-order chi connectivity index (χ1) is 9.61. The molecule has 20 heavy (non-hydrogen) atoms. The number of aromatic carboxylic acids is 1. The van der Waals surface area contributed by atoms with Crippen molar-refractivity contribution in [1.29, 1.82) is 0 Å². The minimum absolute atomic E-state index is 0.0529. The van der Waals surface area contributed by atoms with Crippen molar-refractivity contribution >= 4 is 5.97 Å². The van der Waals surface area contributed by atoms with Crippen LogP contribution in [0.5, 0.6) is 11.5 Å². The first kappa shape index (κ1) is 14.1. The fraction of sp³-hybridized carbons (Fsp3) is 0.188. The zero-order chi connectivity index (χ0) is 14.5. The Hall–Kier alpha value is -2.33. The molecule has 0 amide bonds. The molecular weight excluding hydrogens is 256 g/mol. The predicted octanol–water partition coefficient (Wildman–Crippen LogP) is 3.02. The van der Waals surface area contributed by atoms with E-state index in [2.05, 4.69) is 0 Å². The van der Waals surface area contributed by atoms with Crippen LogP contribution in [0.3, 0.4) is 0 Å². The minimum atomic E-state index is -0.958. The van der Waals surface area contributed by atoms with Gasteiger partial charge in [0.25, 0.3) is 0 Å². The summed E-state index contributed by atoms with van der Waals surface area (Å²) in [5.41, 5.74) is 1.90. The molecule has 0 aliphatic rings. The van der Waals surface area contributed by atoms with Crippen LogP contribution in [0.2, 0.25) is 0 Å². The van der Waals surface area contributed by atoms with E-state index in [1.165, 1.54) is 6.07 Å². The number of carboxylic acid groups (broad SMARTS) is 1. The van der Waals surface area contributed by atoms with Gasteiger partial charge < -0.3 is 14.9 Å². The summed E-state index contributed by atoms with van der Waals surface area (Å²) in [7, 11) is 0. The van der Waals surface area contributed by atoms with Crippen molar-refractivity contribution < 1.29 is 19.7 Å². The lowest BCUT2D eigenvalue weighted by atomic mass is 10.1. The molecular formula is C16H16O4. The highest BCUT2D eigenvalue weighted by Gasteiger charge is 2.09. The van der Waals surface area contributed by atoms with E-state index in [-0.39, 0.29) is 12.2 Å². The molecule has 4 nitrogen and oxygen atoms in total. The van der Waals surface area contributed by atoms with Crippen molar-refractivity contribution in [1.82, 2.24) is 0 Å². The van der Waals surface area contributed by atoms with Crippen LogP contribution in [0, 0.1) is 6.92 Å². The van der Waals surface area contributed by atoms with Gasteiger partial charge in [0.2, 0.25) is 0 Å². The molecule has 0 fully saturated rings. The SMILES string of the molecule is Cc1cc(C(=O)O)ccc1Oc1ccccc1CCO. The molecule has 2 aromatic carbocycles. The van der Waals surface area contributed by atoms with Gasteiger partial charge in [0.15, 0.2) is 0 Å². The first-order valence-electron chi connectivity index (χ1n) is 6.32. The van der Waals surface area contributed by atoms with Crippen molar-refractivity contribution in [2.45, 2.75) is 13.3 Å². The van der Waals surface area contributed by atoms with E-state index in [1.807, 2.05) is 24.3 Å². The van der Waals surface area contributed by atoms with Crippen molar-refractivity contribution in [3.63, 3.8) is 0 Å². The molecule has 0 bridgehead atoms. The van der Waals surface area contributed by atoms with Crippen LogP contribution >= 0.6 is 0 Å². The van der Waals surface area contributed by atoms with E-state index in [4.69, 9.17) is 14.9 Å². The molecule has 0 saturated heterocycles. The number of benzene rings is 2. The van der Waals surface area contributed by atoms with Gasteiger partial charge in [0, 0.05) is 6.61 Å². The summed E-state index contributed by atoms with van der Waals surface area (Å²) in [6, 6.07) is 12.2. The summed E-state index contributed by atoms with van der Waals surface area (Å²) in [4.78, 5) is 10.9. The summed E-state index contributed by atoms with van der Waals surface area (Å²) in [5.74, 6) is 0.327. The number of hydrogen-bond acceptors (Lipinski definition) is 3. The number of aliphatic hydroxyl groups is 1. The summed E-state index contributed by atoms with van der Waals surface area (Å²) >= 11 is 0. The van der Waals surface area contributed by atoms with Crippen LogP contribution in [-0.2, 0) is 6.42 Å². The zero-order valence-electron chi connectivity index (χ0n) is 11.2. The number of para-hydroxylation sites is 1. The Balaban J connectivity index is 2.28. The molecule has 2 rings (SSSR count). The zero-order valence-corrected chi connectivity index (χ0v) is 11.2. The largest absolute Gasteiger partial charge is 0.478 e. The fourth-order valence-corrected chi connectivity index (χ4v) is 1.95. The number of aliphatic hydroxyl groups excluding tert-OH is 1. The average Bonchev–Trinajstić information content (AvgIpc) is 2.43. The van der Waals surface area contributed by atoms with E-state index in [0.717, 1.165) is 11.1 Å². The van der Waals surface area contributed by atoms with E-state index in [9.17, 15) is 4.79 Å². The second-order valence-corrected chi connectivity index (χ2v) is 4.47. The van der Waals surface area contributed by atoms with Gasteiger partial charge in [-0.1, -0.05) is 18.2 Å². The fourth-order valence-electron chi connectivity index (χ4n) is 1.95. The molecule has 4 heteroatoms. The summed E-state index contributed by atoms with van der Waals surface area (Å²) in [6.45, 7) is 1.85. The number of aryl methyl sites for hydroxylation is 1. The average molecular weight is 272 g/mol. The smallest absolute Gasteiger partial charge is 0.335 e. The predicted molar refractivity (Wildman–Crippen MR) is 75.4 cm³/mol. The number of hydrogen-bond donors (Lipinski definition) is 2. The van der Waals surface area contributed by atoms with Gasteiger partial charge in [-0.25, -0.2) is 4.79 Å². The maximum Gasteiger partial charge on any atom is 0.335 e. The van der Waals surface area contributed by atoms with Gasteiger partial charge in [-0.2, -0.15) is 0 Å².